The number of halogens is 3. The Morgan fingerprint density at radius 1 is 0.895 bits per heavy atom. The zero-order valence-electron chi connectivity index (χ0n) is 20.4. The largest absolute Gasteiger partial charge is 0.480 e. The van der Waals surface area contributed by atoms with Gasteiger partial charge in [-0.1, -0.05) is 54.6 Å². The van der Waals surface area contributed by atoms with Crippen molar-refractivity contribution in [1.82, 2.24) is 10.6 Å². The molecule has 6 nitrogen and oxygen atoms in total. The third kappa shape index (κ3) is 7.48. The predicted molar refractivity (Wildman–Crippen MR) is 141 cm³/mol. The number of nitrogens with one attached hydrogen (secondary N) is 2. The molecular formula is C28H25F3N2O4S. The SMILES string of the molecule is CC(C)(S)C(NC(=O)/C(=C\c1cccc(C(F)(F)F)c1)NC(=O)c1ccc(-c2ccccc2)cc1)C(=O)O. The van der Waals surface area contributed by atoms with Crippen molar-refractivity contribution in [3.05, 3.63) is 101 Å². The van der Waals surface area contributed by atoms with Gasteiger partial charge in [-0.25, -0.2) is 4.79 Å². The summed E-state index contributed by atoms with van der Waals surface area (Å²) in [6, 6.07) is 18.6. The van der Waals surface area contributed by atoms with Crippen LogP contribution >= 0.6 is 12.6 Å². The molecule has 198 valence electrons. The van der Waals surface area contributed by atoms with Crippen LogP contribution in [0.3, 0.4) is 0 Å². The minimum absolute atomic E-state index is 0.0262. The summed E-state index contributed by atoms with van der Waals surface area (Å²) in [5.41, 5.74) is 0.537. The third-order valence-corrected chi connectivity index (χ3v) is 5.76. The van der Waals surface area contributed by atoms with Crippen molar-refractivity contribution >= 4 is 36.5 Å². The zero-order chi connectivity index (χ0) is 28.1. The number of carbonyl (C=O) groups excluding carboxylic acids is 2. The second kappa shape index (κ2) is 11.6. The average Bonchev–Trinajstić information content (AvgIpc) is 2.86. The number of benzene rings is 3. The van der Waals surface area contributed by atoms with E-state index in [1.807, 2.05) is 30.3 Å². The summed E-state index contributed by atoms with van der Waals surface area (Å²) in [5.74, 6) is -3.10. The first-order chi connectivity index (χ1) is 17.8. The Labute approximate surface area is 223 Å². The van der Waals surface area contributed by atoms with Crippen molar-refractivity contribution in [2.45, 2.75) is 30.8 Å². The second-order valence-electron chi connectivity index (χ2n) is 8.98. The average molecular weight is 543 g/mol. The van der Waals surface area contributed by atoms with Crippen LogP contribution in [-0.2, 0) is 15.8 Å². The molecule has 3 aromatic carbocycles. The Kier molecular flexibility index (Phi) is 8.67. The van der Waals surface area contributed by atoms with E-state index in [0.717, 1.165) is 35.4 Å². The Morgan fingerprint density at radius 3 is 2.05 bits per heavy atom. The van der Waals surface area contributed by atoms with Gasteiger partial charge in [-0.15, -0.1) is 0 Å². The Bertz CT molecular complexity index is 1350. The number of aliphatic carboxylic acids is 1. The predicted octanol–water partition coefficient (Wildman–Crippen LogP) is 5.42. The molecule has 0 aliphatic heterocycles. The molecule has 2 amide bonds. The lowest BCUT2D eigenvalue weighted by atomic mass is 10.0. The van der Waals surface area contributed by atoms with Gasteiger partial charge in [0.2, 0.25) is 0 Å². The summed E-state index contributed by atoms with van der Waals surface area (Å²) in [7, 11) is 0. The first kappa shape index (κ1) is 28.5. The van der Waals surface area contributed by atoms with Crippen LogP contribution in [0.2, 0.25) is 0 Å². The zero-order valence-corrected chi connectivity index (χ0v) is 21.3. The first-order valence-electron chi connectivity index (χ1n) is 11.4. The molecule has 0 spiro atoms. The number of thiol groups is 1. The Hall–Kier alpha value is -4.05. The molecule has 0 aliphatic rings. The molecule has 0 saturated carbocycles. The van der Waals surface area contributed by atoms with Gasteiger partial charge in [-0.3, -0.25) is 9.59 Å². The highest BCUT2D eigenvalue weighted by Crippen LogP contribution is 2.30. The number of rotatable bonds is 8. The lowest BCUT2D eigenvalue weighted by Gasteiger charge is -2.27. The molecular weight excluding hydrogens is 517 g/mol. The van der Waals surface area contributed by atoms with E-state index < -0.39 is 46.0 Å². The summed E-state index contributed by atoms with van der Waals surface area (Å²) in [6.45, 7) is 2.94. The molecule has 3 aromatic rings. The van der Waals surface area contributed by atoms with Gasteiger partial charge < -0.3 is 15.7 Å². The van der Waals surface area contributed by atoms with Gasteiger partial charge in [-0.2, -0.15) is 25.8 Å². The highest BCUT2D eigenvalue weighted by Gasteiger charge is 2.35. The van der Waals surface area contributed by atoms with E-state index in [1.54, 1.807) is 12.1 Å². The van der Waals surface area contributed by atoms with Gasteiger partial charge in [-0.05, 0) is 60.9 Å². The van der Waals surface area contributed by atoms with Crippen molar-refractivity contribution < 1.29 is 32.7 Å². The van der Waals surface area contributed by atoms with Crippen LogP contribution < -0.4 is 10.6 Å². The fourth-order valence-electron chi connectivity index (χ4n) is 3.52. The van der Waals surface area contributed by atoms with E-state index in [2.05, 4.69) is 23.3 Å². The molecule has 0 aliphatic carbocycles. The van der Waals surface area contributed by atoms with Gasteiger partial charge in [0.05, 0.1) is 5.56 Å². The number of hydrogen-bond acceptors (Lipinski definition) is 4. The van der Waals surface area contributed by atoms with Crippen molar-refractivity contribution in [3.63, 3.8) is 0 Å². The van der Waals surface area contributed by atoms with Gasteiger partial charge in [0.1, 0.15) is 11.7 Å². The standard InChI is InChI=1S/C28H25F3N2O4S/c1-27(2,38)23(26(36)37)33-25(35)22(16-17-7-6-10-21(15-17)28(29,30)31)32-24(34)20-13-11-19(12-14-20)18-8-4-3-5-9-18/h3-16,23,38H,1-2H3,(H,32,34)(H,33,35)(H,36,37)/b22-16+. The monoisotopic (exact) mass is 542 g/mol. The number of carboxylic acids is 1. The molecule has 0 radical (unpaired) electrons. The molecule has 38 heavy (non-hydrogen) atoms. The highest BCUT2D eigenvalue weighted by molar-refractivity contribution is 7.81. The highest BCUT2D eigenvalue weighted by atomic mass is 32.1. The maximum absolute atomic E-state index is 13.2. The molecule has 1 atom stereocenters. The first-order valence-corrected chi connectivity index (χ1v) is 11.8. The minimum atomic E-state index is -4.62. The molecule has 1 unspecified atom stereocenters. The Balaban J connectivity index is 1.94. The number of carboxylic acid groups (broad SMARTS) is 1. The summed E-state index contributed by atoms with van der Waals surface area (Å²) >= 11 is 4.22. The molecule has 10 heteroatoms. The summed E-state index contributed by atoms with van der Waals surface area (Å²) < 4.78 is 38.4. The van der Waals surface area contributed by atoms with E-state index in [4.69, 9.17) is 0 Å². The molecule has 3 rings (SSSR count). The second-order valence-corrected chi connectivity index (χ2v) is 10.1. The van der Waals surface area contributed by atoms with E-state index >= 15 is 0 Å². The molecule has 0 saturated heterocycles. The van der Waals surface area contributed by atoms with Crippen LogP contribution in [0, 0.1) is 0 Å². The number of amides is 2. The molecule has 3 N–H and O–H groups in total. The lowest BCUT2D eigenvalue weighted by Crippen LogP contribution is -2.53. The maximum atomic E-state index is 13.2. The van der Waals surface area contributed by atoms with E-state index in [0.29, 0.717) is 0 Å². The lowest BCUT2D eigenvalue weighted by molar-refractivity contribution is -0.142. The summed E-state index contributed by atoms with van der Waals surface area (Å²) in [4.78, 5) is 37.8. The van der Waals surface area contributed by atoms with Gasteiger partial charge in [0.15, 0.2) is 0 Å². The van der Waals surface area contributed by atoms with Crippen LogP contribution in [0.15, 0.2) is 84.6 Å². The maximum Gasteiger partial charge on any atom is 0.416 e. The molecule has 0 bridgehead atoms. The van der Waals surface area contributed by atoms with Crippen molar-refractivity contribution in [3.8, 4) is 11.1 Å². The molecule has 0 heterocycles. The topological polar surface area (TPSA) is 95.5 Å². The fourth-order valence-corrected chi connectivity index (χ4v) is 3.69. The van der Waals surface area contributed by atoms with Crippen LogP contribution in [0.1, 0.15) is 35.3 Å². The summed E-state index contributed by atoms with van der Waals surface area (Å²) in [5, 5.41) is 14.2. The van der Waals surface area contributed by atoms with E-state index in [1.165, 1.54) is 32.0 Å². The van der Waals surface area contributed by atoms with E-state index in [-0.39, 0.29) is 11.1 Å². The fraction of sp³-hybridized carbons (Fsp3) is 0.179. The smallest absolute Gasteiger partial charge is 0.416 e. The third-order valence-electron chi connectivity index (χ3n) is 5.50. The quantitative estimate of drug-likeness (QED) is 0.226. The van der Waals surface area contributed by atoms with Crippen LogP contribution in [0.5, 0.6) is 0 Å². The van der Waals surface area contributed by atoms with Gasteiger partial charge in [0.25, 0.3) is 11.8 Å². The Morgan fingerprint density at radius 2 is 1.50 bits per heavy atom. The number of alkyl halides is 3. The van der Waals surface area contributed by atoms with Gasteiger partial charge in [0, 0.05) is 10.3 Å². The summed E-state index contributed by atoms with van der Waals surface area (Å²) in [6.07, 6.45) is -3.58. The number of carbonyl (C=O) groups is 3. The van der Waals surface area contributed by atoms with Crippen LogP contribution in [0.4, 0.5) is 13.2 Å². The number of hydrogen-bond donors (Lipinski definition) is 4. The van der Waals surface area contributed by atoms with E-state index in [9.17, 15) is 32.7 Å². The van der Waals surface area contributed by atoms with Gasteiger partial charge >= 0.3 is 12.1 Å². The minimum Gasteiger partial charge on any atom is -0.480 e. The van der Waals surface area contributed by atoms with Crippen molar-refractivity contribution in [2.75, 3.05) is 0 Å². The van der Waals surface area contributed by atoms with Crippen molar-refractivity contribution in [1.29, 1.82) is 0 Å². The van der Waals surface area contributed by atoms with Crippen molar-refractivity contribution in [2.24, 2.45) is 0 Å². The normalized spacial score (nSPS) is 12.9. The van der Waals surface area contributed by atoms with Crippen LogP contribution in [0.25, 0.3) is 17.2 Å². The molecule has 0 aromatic heterocycles. The molecule has 0 fully saturated rings. The van der Waals surface area contributed by atoms with Crippen LogP contribution in [-0.4, -0.2) is 33.7 Å².